The van der Waals surface area contributed by atoms with Gasteiger partial charge in [-0.05, 0) is 44.4 Å². The number of aromatic nitrogens is 1. The molecular formula is C22H33N5O3S2. The average Bonchev–Trinajstić information content (AvgIpc) is 3.45. The van der Waals surface area contributed by atoms with Crippen LogP contribution in [-0.2, 0) is 9.53 Å². The molecule has 8 nitrogen and oxygen atoms in total. The number of amides is 2. The highest BCUT2D eigenvalue weighted by atomic mass is 32.2. The van der Waals surface area contributed by atoms with Crippen molar-refractivity contribution in [2.24, 2.45) is 4.99 Å². The van der Waals surface area contributed by atoms with Crippen LogP contribution < -0.4 is 10.6 Å². The highest BCUT2D eigenvalue weighted by Gasteiger charge is 2.33. The zero-order chi connectivity index (χ0) is 22.3. The fourth-order valence-corrected chi connectivity index (χ4v) is 6.63. The van der Waals surface area contributed by atoms with Crippen molar-refractivity contribution < 1.29 is 14.3 Å². The summed E-state index contributed by atoms with van der Waals surface area (Å²) in [6, 6.07) is 0.188. The van der Waals surface area contributed by atoms with Gasteiger partial charge in [0.15, 0.2) is 16.3 Å². The van der Waals surface area contributed by atoms with Crippen molar-refractivity contribution in [2.75, 3.05) is 18.5 Å². The van der Waals surface area contributed by atoms with Gasteiger partial charge in [-0.3, -0.25) is 5.32 Å². The number of aliphatic imine (C=N–C) groups is 1. The number of thioether (sulfide) groups is 1. The Labute approximate surface area is 198 Å². The van der Waals surface area contributed by atoms with Gasteiger partial charge in [0.25, 0.3) is 0 Å². The van der Waals surface area contributed by atoms with E-state index in [1.807, 2.05) is 0 Å². The molecule has 2 saturated carbocycles. The second-order valence-corrected chi connectivity index (χ2v) is 10.9. The molecular weight excluding hydrogens is 446 g/mol. The molecule has 2 heterocycles. The van der Waals surface area contributed by atoms with E-state index >= 15 is 0 Å². The summed E-state index contributed by atoms with van der Waals surface area (Å²) in [6.07, 6.45) is 13.6. The van der Waals surface area contributed by atoms with Gasteiger partial charge in [0.05, 0.1) is 23.6 Å². The van der Waals surface area contributed by atoms with Crippen molar-refractivity contribution in [1.82, 2.24) is 15.2 Å². The fraction of sp³-hybridized carbons (Fsp3) is 0.727. The predicted octanol–water partition coefficient (Wildman–Crippen LogP) is 4.63. The van der Waals surface area contributed by atoms with Gasteiger partial charge in [-0.1, -0.05) is 49.9 Å². The number of amidine groups is 1. The molecule has 0 aromatic carbocycles. The van der Waals surface area contributed by atoms with E-state index in [4.69, 9.17) is 4.74 Å². The van der Waals surface area contributed by atoms with E-state index in [1.54, 1.807) is 13.1 Å². The van der Waals surface area contributed by atoms with E-state index in [-0.39, 0.29) is 12.0 Å². The summed E-state index contributed by atoms with van der Waals surface area (Å²) < 4.78 is 5.95. The van der Waals surface area contributed by atoms with E-state index in [0.29, 0.717) is 35.5 Å². The van der Waals surface area contributed by atoms with Gasteiger partial charge < -0.3 is 15.0 Å². The Morgan fingerprint density at radius 3 is 2.44 bits per heavy atom. The Bertz CT molecular complexity index is 800. The molecule has 1 atom stereocenters. The summed E-state index contributed by atoms with van der Waals surface area (Å²) in [5.41, 5.74) is 0. The molecule has 0 saturated heterocycles. The Morgan fingerprint density at radius 1 is 1.16 bits per heavy atom. The lowest BCUT2D eigenvalue weighted by Crippen LogP contribution is -2.50. The molecule has 176 valence electrons. The maximum Gasteiger partial charge on any atom is 0.332 e. The van der Waals surface area contributed by atoms with E-state index in [1.165, 1.54) is 61.6 Å². The summed E-state index contributed by atoms with van der Waals surface area (Å²) in [5, 5.41) is 7.50. The Hall–Kier alpha value is -1.81. The first-order valence-electron chi connectivity index (χ1n) is 11.9. The zero-order valence-corrected chi connectivity index (χ0v) is 20.3. The highest BCUT2D eigenvalue weighted by molar-refractivity contribution is 8.15. The van der Waals surface area contributed by atoms with Crippen LogP contribution in [0.2, 0.25) is 0 Å². The first kappa shape index (κ1) is 23.4. The van der Waals surface area contributed by atoms with Crippen molar-refractivity contribution in [1.29, 1.82) is 0 Å². The minimum absolute atomic E-state index is 0.00610. The number of ether oxygens (including phenoxy) is 1. The van der Waals surface area contributed by atoms with Crippen molar-refractivity contribution in [2.45, 2.75) is 93.5 Å². The Morgan fingerprint density at radius 2 is 1.81 bits per heavy atom. The summed E-state index contributed by atoms with van der Waals surface area (Å²) in [5.74, 6) is -0.307. The first-order valence-corrected chi connectivity index (χ1v) is 13.5. The smallest absolute Gasteiger partial charge is 0.332 e. The molecule has 0 spiro atoms. The van der Waals surface area contributed by atoms with Gasteiger partial charge in [0, 0.05) is 12.1 Å². The minimum Gasteiger partial charge on any atom is -0.464 e. The summed E-state index contributed by atoms with van der Waals surface area (Å²) in [7, 11) is 0. The first-order chi connectivity index (χ1) is 15.6. The van der Waals surface area contributed by atoms with Crippen LogP contribution in [0, 0.1) is 0 Å². The SMILES string of the molecule is CCOC(=O)C1CNC(Sc2cnc(NC(=O)N(C3CCCCC3)C3CCCCC3)s2)=N1. The molecule has 2 aliphatic carbocycles. The monoisotopic (exact) mass is 479 g/mol. The molecule has 2 amide bonds. The van der Waals surface area contributed by atoms with Crippen LogP contribution in [0.4, 0.5) is 9.93 Å². The molecule has 0 bridgehead atoms. The number of esters is 1. The highest BCUT2D eigenvalue weighted by Crippen LogP contribution is 2.33. The number of anilines is 1. The number of urea groups is 1. The van der Waals surface area contributed by atoms with Gasteiger partial charge in [-0.25, -0.2) is 19.6 Å². The maximum atomic E-state index is 13.3. The van der Waals surface area contributed by atoms with Crippen LogP contribution in [0.25, 0.3) is 0 Å². The van der Waals surface area contributed by atoms with Crippen LogP contribution in [0.3, 0.4) is 0 Å². The molecule has 1 aromatic rings. The lowest BCUT2D eigenvalue weighted by Gasteiger charge is -2.41. The number of carbonyl (C=O) groups excluding carboxylic acids is 2. The Kier molecular flexibility index (Phi) is 8.29. The normalized spacial score (nSPS) is 22.2. The molecule has 1 unspecified atom stereocenters. The molecule has 1 aliphatic heterocycles. The molecule has 2 fully saturated rings. The van der Waals surface area contributed by atoms with Crippen LogP contribution in [0.5, 0.6) is 0 Å². The summed E-state index contributed by atoms with van der Waals surface area (Å²) >= 11 is 2.86. The average molecular weight is 480 g/mol. The third kappa shape index (κ3) is 5.95. The van der Waals surface area contributed by atoms with Crippen molar-refractivity contribution in [3.05, 3.63) is 6.20 Å². The van der Waals surface area contributed by atoms with Gasteiger partial charge >= 0.3 is 12.0 Å². The molecule has 2 N–H and O–H groups in total. The molecule has 0 radical (unpaired) electrons. The van der Waals surface area contributed by atoms with Crippen molar-refractivity contribution in [3.8, 4) is 0 Å². The second-order valence-electron chi connectivity index (χ2n) is 8.59. The lowest BCUT2D eigenvalue weighted by atomic mass is 9.89. The van der Waals surface area contributed by atoms with Crippen molar-refractivity contribution >= 4 is 45.4 Å². The van der Waals surface area contributed by atoms with E-state index in [9.17, 15) is 9.59 Å². The number of carbonyl (C=O) groups is 2. The van der Waals surface area contributed by atoms with Crippen LogP contribution in [0.1, 0.15) is 71.1 Å². The second kappa shape index (κ2) is 11.4. The zero-order valence-electron chi connectivity index (χ0n) is 18.7. The molecule has 3 aliphatic rings. The third-order valence-corrected chi connectivity index (χ3v) is 8.30. The van der Waals surface area contributed by atoms with E-state index in [2.05, 4.69) is 25.5 Å². The van der Waals surface area contributed by atoms with E-state index in [0.717, 1.165) is 29.9 Å². The lowest BCUT2D eigenvalue weighted by molar-refractivity contribution is -0.144. The molecule has 32 heavy (non-hydrogen) atoms. The quantitative estimate of drug-likeness (QED) is 0.578. The summed E-state index contributed by atoms with van der Waals surface area (Å²) in [6.45, 7) is 2.59. The number of thiazole rings is 1. The van der Waals surface area contributed by atoms with Crippen LogP contribution >= 0.6 is 23.1 Å². The van der Waals surface area contributed by atoms with Gasteiger partial charge in [0.2, 0.25) is 0 Å². The number of rotatable bonds is 6. The topological polar surface area (TPSA) is 95.9 Å². The largest absolute Gasteiger partial charge is 0.464 e. The van der Waals surface area contributed by atoms with Gasteiger partial charge in [-0.15, -0.1) is 0 Å². The number of hydrogen-bond donors (Lipinski definition) is 2. The fourth-order valence-electron chi connectivity index (χ4n) is 4.82. The Balaban J connectivity index is 1.37. The van der Waals surface area contributed by atoms with Crippen LogP contribution in [0.15, 0.2) is 15.4 Å². The minimum atomic E-state index is -0.496. The predicted molar refractivity (Wildman–Crippen MR) is 128 cm³/mol. The molecule has 1 aromatic heterocycles. The van der Waals surface area contributed by atoms with Gasteiger partial charge in [0.1, 0.15) is 0 Å². The number of nitrogens with one attached hydrogen (secondary N) is 2. The van der Waals surface area contributed by atoms with Crippen molar-refractivity contribution in [3.63, 3.8) is 0 Å². The molecule has 10 heteroatoms. The maximum absolute atomic E-state index is 13.3. The van der Waals surface area contributed by atoms with Crippen LogP contribution in [-0.4, -0.2) is 58.3 Å². The summed E-state index contributed by atoms with van der Waals surface area (Å²) in [4.78, 5) is 36.2. The number of hydrogen-bond acceptors (Lipinski definition) is 8. The third-order valence-electron chi connectivity index (χ3n) is 6.34. The standard InChI is InChI=1S/C22H33N5O3S2/c1-2-30-19(28)17-13-23-20(25-17)31-18-14-24-21(32-18)26-22(29)27(15-9-5-3-6-10-15)16-11-7-4-8-12-16/h14-17H,2-13H2,1H3,(H,23,25)(H,24,26,29). The van der Waals surface area contributed by atoms with Gasteiger partial charge in [-0.2, -0.15) is 0 Å². The van der Waals surface area contributed by atoms with E-state index < -0.39 is 6.04 Å². The number of nitrogens with zero attached hydrogens (tertiary/aromatic N) is 3. The molecule has 4 rings (SSSR count).